The van der Waals surface area contributed by atoms with Crippen molar-refractivity contribution in [1.82, 2.24) is 4.98 Å². The zero-order chi connectivity index (χ0) is 14.1. The third kappa shape index (κ3) is 2.17. The monoisotopic (exact) mass is 282 g/mol. The first-order valence-electron chi connectivity index (χ1n) is 6.52. The molecule has 0 saturated heterocycles. The number of aromatic nitrogens is 1. The fraction of sp³-hybridized carbons (Fsp3) is 0.118. The summed E-state index contributed by atoms with van der Waals surface area (Å²) in [6, 6.07) is 15.7. The van der Waals surface area contributed by atoms with Crippen LogP contribution in [-0.2, 0) is 0 Å². The van der Waals surface area contributed by atoms with Gasteiger partial charge >= 0.3 is 0 Å². The van der Waals surface area contributed by atoms with Gasteiger partial charge in [-0.1, -0.05) is 48.0 Å². The molecule has 0 fully saturated rings. The van der Waals surface area contributed by atoms with Crippen molar-refractivity contribution in [1.29, 1.82) is 0 Å². The number of pyridine rings is 1. The van der Waals surface area contributed by atoms with Crippen LogP contribution in [0.1, 0.15) is 22.7 Å². The topological polar surface area (TPSA) is 38.9 Å². The Kier molecular flexibility index (Phi) is 3.43. The highest BCUT2D eigenvalue weighted by Crippen LogP contribution is 2.31. The number of nitrogens with two attached hydrogens (primary N) is 1. The van der Waals surface area contributed by atoms with Crippen molar-refractivity contribution < 1.29 is 0 Å². The molecule has 3 heteroatoms. The van der Waals surface area contributed by atoms with Gasteiger partial charge in [-0.3, -0.25) is 4.98 Å². The van der Waals surface area contributed by atoms with E-state index in [4.69, 9.17) is 17.3 Å². The van der Waals surface area contributed by atoms with E-state index < -0.39 is 0 Å². The summed E-state index contributed by atoms with van der Waals surface area (Å²) in [6.45, 7) is 1.99. The van der Waals surface area contributed by atoms with Gasteiger partial charge in [-0.2, -0.15) is 0 Å². The molecule has 1 unspecified atom stereocenters. The highest BCUT2D eigenvalue weighted by molar-refractivity contribution is 6.32. The van der Waals surface area contributed by atoms with Crippen LogP contribution in [0.3, 0.4) is 0 Å². The molecule has 3 aromatic rings. The first-order chi connectivity index (χ1) is 9.68. The third-order valence-electron chi connectivity index (χ3n) is 3.57. The molecule has 0 aliphatic rings. The summed E-state index contributed by atoms with van der Waals surface area (Å²) in [5.41, 5.74) is 10.4. The molecule has 1 atom stereocenters. The van der Waals surface area contributed by atoms with Crippen LogP contribution >= 0.6 is 11.6 Å². The van der Waals surface area contributed by atoms with E-state index in [1.165, 1.54) is 0 Å². The van der Waals surface area contributed by atoms with Gasteiger partial charge in [0.25, 0.3) is 0 Å². The number of benzene rings is 2. The van der Waals surface area contributed by atoms with Crippen LogP contribution in [0.4, 0.5) is 0 Å². The van der Waals surface area contributed by atoms with Gasteiger partial charge in [0.05, 0.1) is 11.6 Å². The molecule has 2 aromatic carbocycles. The predicted molar refractivity (Wildman–Crippen MR) is 84.0 cm³/mol. The van der Waals surface area contributed by atoms with Crippen molar-refractivity contribution >= 4 is 22.5 Å². The Hall–Kier alpha value is -1.90. The first-order valence-corrected chi connectivity index (χ1v) is 6.90. The Morgan fingerprint density at radius 1 is 1.00 bits per heavy atom. The number of hydrogen-bond donors (Lipinski definition) is 1. The molecule has 0 aliphatic heterocycles. The van der Waals surface area contributed by atoms with Crippen LogP contribution < -0.4 is 5.73 Å². The quantitative estimate of drug-likeness (QED) is 0.763. The summed E-state index contributed by atoms with van der Waals surface area (Å²) in [6.07, 6.45) is 1.79. The summed E-state index contributed by atoms with van der Waals surface area (Å²) in [7, 11) is 0. The van der Waals surface area contributed by atoms with Crippen molar-refractivity contribution in [3.8, 4) is 0 Å². The molecule has 100 valence electrons. The van der Waals surface area contributed by atoms with Crippen LogP contribution in [0.2, 0.25) is 5.02 Å². The Morgan fingerprint density at radius 3 is 2.60 bits per heavy atom. The maximum absolute atomic E-state index is 6.44. The van der Waals surface area contributed by atoms with Crippen molar-refractivity contribution in [2.75, 3.05) is 0 Å². The molecule has 3 rings (SSSR count). The number of halogens is 1. The summed E-state index contributed by atoms with van der Waals surface area (Å²) < 4.78 is 0. The lowest BCUT2D eigenvalue weighted by atomic mass is 9.95. The summed E-state index contributed by atoms with van der Waals surface area (Å²) >= 11 is 6.39. The summed E-state index contributed by atoms with van der Waals surface area (Å²) in [5, 5.41) is 1.81. The molecule has 20 heavy (non-hydrogen) atoms. The minimum atomic E-state index is -0.254. The molecule has 1 aromatic heterocycles. The minimum Gasteiger partial charge on any atom is -0.320 e. The molecule has 2 nitrogen and oxygen atoms in total. The molecular formula is C17H15ClN2. The van der Waals surface area contributed by atoms with Crippen LogP contribution in [0.15, 0.2) is 54.7 Å². The fourth-order valence-electron chi connectivity index (χ4n) is 2.48. The highest BCUT2D eigenvalue weighted by Gasteiger charge is 2.15. The Labute approximate surface area is 123 Å². The minimum absolute atomic E-state index is 0.254. The Balaban J connectivity index is 2.18. The van der Waals surface area contributed by atoms with Crippen LogP contribution in [0, 0.1) is 6.92 Å². The molecule has 0 amide bonds. The van der Waals surface area contributed by atoms with E-state index in [1.807, 2.05) is 55.5 Å². The molecular weight excluding hydrogens is 268 g/mol. The average molecular weight is 283 g/mol. The summed E-state index contributed by atoms with van der Waals surface area (Å²) in [4.78, 5) is 4.37. The van der Waals surface area contributed by atoms with Crippen LogP contribution in [-0.4, -0.2) is 4.98 Å². The molecule has 0 spiro atoms. The summed E-state index contributed by atoms with van der Waals surface area (Å²) in [5.74, 6) is 0. The lowest BCUT2D eigenvalue weighted by Crippen LogP contribution is -2.13. The molecule has 0 bridgehead atoms. The fourth-order valence-corrected chi connectivity index (χ4v) is 2.72. The average Bonchev–Trinajstić information content (AvgIpc) is 2.49. The maximum Gasteiger partial charge on any atom is 0.0705 e. The van der Waals surface area contributed by atoms with Gasteiger partial charge in [0.2, 0.25) is 0 Å². The van der Waals surface area contributed by atoms with E-state index in [2.05, 4.69) is 4.98 Å². The number of aryl methyl sites for hydroxylation is 1. The Morgan fingerprint density at radius 2 is 1.75 bits per heavy atom. The van der Waals surface area contributed by atoms with E-state index in [0.29, 0.717) is 0 Å². The lowest BCUT2D eigenvalue weighted by molar-refractivity contribution is 0.879. The van der Waals surface area contributed by atoms with Crippen molar-refractivity contribution in [2.24, 2.45) is 5.73 Å². The highest BCUT2D eigenvalue weighted by atomic mass is 35.5. The van der Waals surface area contributed by atoms with Crippen LogP contribution in [0.25, 0.3) is 10.9 Å². The van der Waals surface area contributed by atoms with E-state index in [1.54, 1.807) is 6.20 Å². The van der Waals surface area contributed by atoms with E-state index in [-0.39, 0.29) is 6.04 Å². The van der Waals surface area contributed by atoms with Gasteiger partial charge in [-0.25, -0.2) is 0 Å². The van der Waals surface area contributed by atoms with Gasteiger partial charge in [-0.15, -0.1) is 0 Å². The standard InChI is InChI=1S/C17H15ClN2/c1-11-5-2-7-14(16(11)18)17(19)13-6-3-9-15-12(13)8-4-10-20-15/h2-10,17H,19H2,1H3. The van der Waals surface area contributed by atoms with Crippen molar-refractivity contribution in [3.63, 3.8) is 0 Å². The zero-order valence-corrected chi connectivity index (χ0v) is 11.9. The second kappa shape index (κ2) is 5.23. The van der Waals surface area contributed by atoms with Crippen molar-refractivity contribution in [2.45, 2.75) is 13.0 Å². The largest absolute Gasteiger partial charge is 0.320 e. The number of hydrogen-bond acceptors (Lipinski definition) is 2. The van der Waals surface area contributed by atoms with E-state index in [0.717, 1.165) is 32.6 Å². The molecule has 2 N–H and O–H groups in total. The smallest absolute Gasteiger partial charge is 0.0705 e. The number of rotatable bonds is 2. The second-order valence-electron chi connectivity index (χ2n) is 4.87. The van der Waals surface area contributed by atoms with E-state index >= 15 is 0 Å². The number of fused-ring (bicyclic) bond motifs is 1. The van der Waals surface area contributed by atoms with Gasteiger partial charge in [-0.05, 0) is 35.7 Å². The Bertz CT molecular complexity index is 763. The lowest BCUT2D eigenvalue weighted by Gasteiger charge is -2.17. The SMILES string of the molecule is Cc1cccc(C(N)c2cccc3ncccc23)c1Cl. The predicted octanol–water partition coefficient (Wildman–Crippen LogP) is 4.24. The van der Waals surface area contributed by atoms with Crippen molar-refractivity contribution in [3.05, 3.63) is 76.4 Å². The molecule has 1 heterocycles. The normalized spacial score (nSPS) is 12.6. The van der Waals surface area contributed by atoms with Gasteiger partial charge in [0.15, 0.2) is 0 Å². The maximum atomic E-state index is 6.44. The molecule has 0 radical (unpaired) electrons. The second-order valence-corrected chi connectivity index (χ2v) is 5.25. The van der Waals surface area contributed by atoms with Gasteiger partial charge in [0, 0.05) is 16.6 Å². The van der Waals surface area contributed by atoms with Crippen LogP contribution in [0.5, 0.6) is 0 Å². The number of nitrogens with zero attached hydrogens (tertiary/aromatic N) is 1. The van der Waals surface area contributed by atoms with E-state index in [9.17, 15) is 0 Å². The van der Waals surface area contributed by atoms with Gasteiger partial charge < -0.3 is 5.73 Å². The molecule has 0 aliphatic carbocycles. The first kappa shape index (κ1) is 13.1. The molecule has 0 saturated carbocycles. The van der Waals surface area contributed by atoms with Gasteiger partial charge in [0.1, 0.15) is 0 Å². The zero-order valence-electron chi connectivity index (χ0n) is 11.2. The third-order valence-corrected chi connectivity index (χ3v) is 4.09.